The fourth-order valence-electron chi connectivity index (χ4n) is 2.87. The normalized spacial score (nSPS) is 12.0. The molecule has 0 aliphatic rings. The molecule has 0 amide bonds. The maximum absolute atomic E-state index is 13.3. The average molecular weight is 412 g/mol. The first-order valence-corrected chi connectivity index (χ1v) is 11.1. The molecule has 0 aliphatic heterocycles. The molecule has 27 heavy (non-hydrogen) atoms. The molecule has 0 aliphatic carbocycles. The molecule has 0 N–H and O–H groups in total. The molecular weight excluding hydrogens is 386 g/mol. The molecule has 2 aromatic rings. The molecule has 148 valence electrons. The summed E-state index contributed by atoms with van der Waals surface area (Å²) in [6.45, 7) is 8.40. The zero-order valence-electron chi connectivity index (χ0n) is 15.8. The van der Waals surface area contributed by atoms with Gasteiger partial charge in [0.2, 0.25) is 10.0 Å². The van der Waals surface area contributed by atoms with Crippen molar-refractivity contribution in [3.8, 4) is 0 Å². The Balaban J connectivity index is 2.40. The third kappa shape index (κ3) is 5.13. The van der Waals surface area contributed by atoms with Gasteiger partial charge in [0.05, 0.1) is 9.82 Å². The lowest BCUT2D eigenvalue weighted by atomic mass is 10.2. The van der Waals surface area contributed by atoms with Gasteiger partial charge in [-0.1, -0.05) is 26.0 Å². The summed E-state index contributed by atoms with van der Waals surface area (Å²) in [5.74, 6) is 0. The van der Waals surface area contributed by atoms with E-state index in [1.807, 2.05) is 31.4 Å². The number of nitro benzene ring substituents is 1. The molecular formula is C18H25N3O4S2. The molecule has 0 saturated carbocycles. The second-order valence-electron chi connectivity index (χ2n) is 6.10. The van der Waals surface area contributed by atoms with Gasteiger partial charge in [0.1, 0.15) is 0 Å². The highest BCUT2D eigenvalue weighted by molar-refractivity contribution is 7.89. The summed E-state index contributed by atoms with van der Waals surface area (Å²) < 4.78 is 28.1. The monoisotopic (exact) mass is 411 g/mol. The Labute approximate surface area is 164 Å². The van der Waals surface area contributed by atoms with Crippen LogP contribution in [0.5, 0.6) is 0 Å². The van der Waals surface area contributed by atoms with Gasteiger partial charge in [-0.25, -0.2) is 8.42 Å². The van der Waals surface area contributed by atoms with Crippen molar-refractivity contribution < 1.29 is 13.3 Å². The zero-order chi connectivity index (χ0) is 20.0. The van der Waals surface area contributed by atoms with E-state index in [0.29, 0.717) is 13.1 Å². The second kappa shape index (κ2) is 9.41. The van der Waals surface area contributed by atoms with Gasteiger partial charge in [0.15, 0.2) is 0 Å². The molecule has 1 aromatic carbocycles. The van der Waals surface area contributed by atoms with Crippen LogP contribution < -0.4 is 0 Å². The van der Waals surface area contributed by atoms with Crippen molar-refractivity contribution in [1.82, 2.24) is 9.21 Å². The van der Waals surface area contributed by atoms with Crippen molar-refractivity contribution in [2.45, 2.75) is 32.2 Å². The van der Waals surface area contributed by atoms with E-state index in [1.165, 1.54) is 40.8 Å². The van der Waals surface area contributed by atoms with E-state index in [-0.39, 0.29) is 22.7 Å². The van der Waals surface area contributed by atoms with Crippen molar-refractivity contribution in [2.75, 3.05) is 26.2 Å². The Morgan fingerprint density at radius 3 is 2.37 bits per heavy atom. The topological polar surface area (TPSA) is 83.8 Å². The van der Waals surface area contributed by atoms with Crippen molar-refractivity contribution in [2.24, 2.45) is 0 Å². The minimum Gasteiger partial charge on any atom is -0.303 e. The molecule has 1 heterocycles. The predicted octanol–water partition coefficient (Wildman–Crippen LogP) is 3.50. The van der Waals surface area contributed by atoms with E-state index in [0.717, 1.165) is 18.0 Å². The smallest absolute Gasteiger partial charge is 0.273 e. The molecule has 0 fully saturated rings. The summed E-state index contributed by atoms with van der Waals surface area (Å²) in [6, 6.07) is 7.97. The van der Waals surface area contributed by atoms with Crippen LogP contribution in [0.1, 0.15) is 24.3 Å². The first-order valence-electron chi connectivity index (χ1n) is 8.80. The number of hydrogen-bond donors (Lipinski definition) is 0. The van der Waals surface area contributed by atoms with E-state index in [4.69, 9.17) is 0 Å². The van der Waals surface area contributed by atoms with E-state index in [9.17, 15) is 18.5 Å². The van der Waals surface area contributed by atoms with Crippen LogP contribution in [0.2, 0.25) is 0 Å². The first kappa shape index (κ1) is 21.5. The number of benzene rings is 1. The fourth-order valence-corrected chi connectivity index (χ4v) is 5.32. The number of nitro groups is 1. The largest absolute Gasteiger partial charge is 0.303 e. The van der Waals surface area contributed by atoms with Crippen LogP contribution in [-0.4, -0.2) is 48.7 Å². The van der Waals surface area contributed by atoms with E-state index < -0.39 is 14.9 Å². The highest BCUT2D eigenvalue weighted by Gasteiger charge is 2.29. The van der Waals surface area contributed by atoms with Gasteiger partial charge in [-0.3, -0.25) is 10.1 Å². The molecule has 0 radical (unpaired) electrons. The van der Waals surface area contributed by atoms with Crippen molar-refractivity contribution in [3.63, 3.8) is 0 Å². The minimum absolute atomic E-state index is 0.00666. The molecule has 0 saturated heterocycles. The Morgan fingerprint density at radius 1 is 1.11 bits per heavy atom. The molecule has 0 atom stereocenters. The quantitative estimate of drug-likeness (QED) is 0.441. The first-order chi connectivity index (χ1) is 12.8. The summed E-state index contributed by atoms with van der Waals surface area (Å²) in [5.41, 5.74) is -0.0163. The van der Waals surface area contributed by atoms with Crippen LogP contribution in [0.3, 0.4) is 0 Å². The van der Waals surface area contributed by atoms with Crippen LogP contribution in [0, 0.1) is 17.0 Å². The van der Waals surface area contributed by atoms with E-state index in [1.54, 1.807) is 0 Å². The van der Waals surface area contributed by atoms with Gasteiger partial charge in [0.25, 0.3) is 5.69 Å². The van der Waals surface area contributed by atoms with Gasteiger partial charge in [-0.05, 0) is 37.5 Å². The Kier molecular flexibility index (Phi) is 7.49. The summed E-state index contributed by atoms with van der Waals surface area (Å²) in [5, 5.41) is 13.1. The second-order valence-corrected chi connectivity index (χ2v) is 9.04. The van der Waals surface area contributed by atoms with Crippen LogP contribution in [-0.2, 0) is 16.6 Å². The molecule has 0 spiro atoms. The standard InChI is InChI=1S/C18H25N3O4S2/c1-4-19(5-2)11-12-20(14-16-8-7-13-26-16)27(24,25)18-10-6-9-17(15(18)3)21(22)23/h6-10,13H,4-5,11-12,14H2,1-3H3. The lowest BCUT2D eigenvalue weighted by molar-refractivity contribution is -0.385. The summed E-state index contributed by atoms with van der Waals surface area (Å²) >= 11 is 1.49. The van der Waals surface area contributed by atoms with Gasteiger partial charge >= 0.3 is 0 Å². The van der Waals surface area contributed by atoms with E-state index in [2.05, 4.69) is 4.90 Å². The van der Waals surface area contributed by atoms with Crippen LogP contribution >= 0.6 is 11.3 Å². The molecule has 1 aromatic heterocycles. The fraction of sp³-hybridized carbons (Fsp3) is 0.444. The third-order valence-corrected chi connectivity index (χ3v) is 7.39. The molecule has 2 rings (SSSR count). The lowest BCUT2D eigenvalue weighted by Crippen LogP contribution is -2.38. The number of sulfonamides is 1. The lowest BCUT2D eigenvalue weighted by Gasteiger charge is -2.26. The highest BCUT2D eigenvalue weighted by atomic mass is 32.2. The maximum atomic E-state index is 13.3. The van der Waals surface area contributed by atoms with Gasteiger partial charge in [-0.2, -0.15) is 4.31 Å². The summed E-state index contributed by atoms with van der Waals surface area (Å²) in [7, 11) is -3.87. The van der Waals surface area contributed by atoms with Crippen molar-refractivity contribution in [3.05, 3.63) is 56.3 Å². The highest BCUT2D eigenvalue weighted by Crippen LogP contribution is 2.28. The van der Waals surface area contributed by atoms with Crippen molar-refractivity contribution >= 4 is 27.0 Å². The molecule has 0 bridgehead atoms. The van der Waals surface area contributed by atoms with Crippen LogP contribution in [0.15, 0.2) is 40.6 Å². The Bertz CT molecular complexity index is 863. The number of rotatable bonds is 10. The molecule has 7 nitrogen and oxygen atoms in total. The van der Waals surface area contributed by atoms with E-state index >= 15 is 0 Å². The third-order valence-electron chi connectivity index (χ3n) is 4.54. The molecule has 9 heteroatoms. The van der Waals surface area contributed by atoms with Gasteiger partial charge in [-0.15, -0.1) is 11.3 Å². The van der Waals surface area contributed by atoms with Gasteiger partial charge in [0, 0.05) is 36.1 Å². The SMILES string of the molecule is CCN(CC)CCN(Cc1cccs1)S(=O)(=O)c1cccc([N+](=O)[O-])c1C. The van der Waals surface area contributed by atoms with Crippen LogP contribution in [0.25, 0.3) is 0 Å². The Morgan fingerprint density at radius 2 is 1.81 bits per heavy atom. The zero-order valence-corrected chi connectivity index (χ0v) is 17.4. The summed E-state index contributed by atoms with van der Waals surface area (Å²) in [6.07, 6.45) is 0. The number of hydrogen-bond acceptors (Lipinski definition) is 6. The molecule has 0 unspecified atom stereocenters. The van der Waals surface area contributed by atoms with Gasteiger partial charge < -0.3 is 4.90 Å². The number of likely N-dealkylation sites (N-methyl/N-ethyl adjacent to an activating group) is 1. The number of nitrogens with zero attached hydrogens (tertiary/aromatic N) is 3. The summed E-state index contributed by atoms with van der Waals surface area (Å²) in [4.78, 5) is 13.7. The Hall–Kier alpha value is -1.81. The minimum atomic E-state index is -3.87. The van der Waals surface area contributed by atoms with Crippen LogP contribution in [0.4, 0.5) is 5.69 Å². The predicted molar refractivity (Wildman–Crippen MR) is 108 cm³/mol. The van der Waals surface area contributed by atoms with Crippen molar-refractivity contribution in [1.29, 1.82) is 0 Å². The average Bonchev–Trinajstić information content (AvgIpc) is 3.14. The number of thiophene rings is 1. The maximum Gasteiger partial charge on any atom is 0.273 e.